The molecule has 0 radical (unpaired) electrons. The van der Waals surface area contributed by atoms with Crippen LogP contribution in [0.3, 0.4) is 0 Å². The number of likely N-dealkylation sites (N-methyl/N-ethyl adjacent to an activating group) is 1. The van der Waals surface area contributed by atoms with Gasteiger partial charge in [0.15, 0.2) is 0 Å². The van der Waals surface area contributed by atoms with Crippen molar-refractivity contribution >= 4 is 18.0 Å². The maximum atomic E-state index is 13.5. The first-order valence-electron chi connectivity index (χ1n) is 10.9. The lowest BCUT2D eigenvalue weighted by molar-refractivity contribution is -0.150. The number of rotatable bonds is 7. The Kier molecular flexibility index (Phi) is 7.84. The molecule has 0 unspecified atom stereocenters. The number of amides is 2. The number of nitrogens with one attached hydrogen (secondary N) is 1. The normalized spacial score (nSPS) is 21.9. The van der Waals surface area contributed by atoms with Gasteiger partial charge in [0, 0.05) is 25.8 Å². The van der Waals surface area contributed by atoms with Crippen molar-refractivity contribution < 1.29 is 28.2 Å². The van der Waals surface area contributed by atoms with Gasteiger partial charge in [-0.2, -0.15) is 0 Å². The fourth-order valence-corrected chi connectivity index (χ4v) is 4.17. The minimum absolute atomic E-state index is 0.179. The Hall–Kier alpha value is -2.94. The van der Waals surface area contributed by atoms with Gasteiger partial charge in [0.2, 0.25) is 0 Å². The second-order valence-electron chi connectivity index (χ2n) is 7.90. The van der Waals surface area contributed by atoms with E-state index in [0.717, 1.165) is 19.4 Å². The Balaban J connectivity index is 1.95. The molecule has 32 heavy (non-hydrogen) atoms. The standard InChI is InChI=1S/C23H30FN3O5/c1-4-31-21(28)16-7-6-12-27(13-16)14-18-19(22(29)32-5-2)20(25-23(30)26(18)3)15-8-10-17(24)11-9-15/h8-11,16,20H,4-7,12-14H2,1-3H3,(H,25,30)/t16-,20+/m0/s1. The molecule has 2 atom stereocenters. The summed E-state index contributed by atoms with van der Waals surface area (Å²) in [7, 11) is 1.59. The molecule has 0 spiro atoms. The number of urea groups is 1. The topological polar surface area (TPSA) is 88.2 Å². The van der Waals surface area contributed by atoms with Gasteiger partial charge in [0.05, 0.1) is 30.7 Å². The second kappa shape index (κ2) is 10.6. The van der Waals surface area contributed by atoms with E-state index >= 15 is 0 Å². The zero-order chi connectivity index (χ0) is 23.3. The number of esters is 2. The first kappa shape index (κ1) is 23.7. The number of hydrogen-bond donors (Lipinski definition) is 1. The summed E-state index contributed by atoms with van der Waals surface area (Å²) in [5.41, 5.74) is 1.39. The number of piperidine rings is 1. The average Bonchev–Trinajstić information content (AvgIpc) is 2.78. The number of carbonyl (C=O) groups is 3. The highest BCUT2D eigenvalue weighted by Gasteiger charge is 2.38. The Morgan fingerprint density at radius 3 is 2.50 bits per heavy atom. The molecule has 1 aromatic rings. The molecule has 1 N–H and O–H groups in total. The predicted molar refractivity (Wildman–Crippen MR) is 115 cm³/mol. The van der Waals surface area contributed by atoms with Gasteiger partial charge in [-0.15, -0.1) is 0 Å². The third-order valence-corrected chi connectivity index (χ3v) is 5.77. The number of likely N-dealkylation sites (tertiary alicyclic amines) is 1. The SMILES string of the molecule is CCOC(=O)C1=C(CN2CCC[C@H](C(=O)OCC)C2)N(C)C(=O)N[C@@H]1c1ccc(F)cc1. The second-order valence-corrected chi connectivity index (χ2v) is 7.90. The third-order valence-electron chi connectivity index (χ3n) is 5.77. The first-order valence-corrected chi connectivity index (χ1v) is 10.9. The lowest BCUT2D eigenvalue weighted by Crippen LogP contribution is -2.50. The molecule has 3 rings (SSSR count). The Morgan fingerprint density at radius 1 is 1.16 bits per heavy atom. The molecule has 8 nitrogen and oxygen atoms in total. The molecular weight excluding hydrogens is 417 g/mol. The lowest BCUT2D eigenvalue weighted by atomic mass is 9.93. The van der Waals surface area contributed by atoms with Gasteiger partial charge in [-0.25, -0.2) is 14.0 Å². The van der Waals surface area contributed by atoms with Crippen LogP contribution in [0.1, 0.15) is 38.3 Å². The van der Waals surface area contributed by atoms with E-state index < -0.39 is 17.8 Å². The van der Waals surface area contributed by atoms with Crippen molar-refractivity contribution in [2.45, 2.75) is 32.7 Å². The van der Waals surface area contributed by atoms with Crippen LogP contribution in [0.15, 0.2) is 35.5 Å². The molecule has 1 saturated heterocycles. The molecule has 9 heteroatoms. The van der Waals surface area contributed by atoms with Gasteiger partial charge in [0.1, 0.15) is 5.82 Å². The summed E-state index contributed by atoms with van der Waals surface area (Å²) in [6.07, 6.45) is 1.55. The van der Waals surface area contributed by atoms with Crippen LogP contribution >= 0.6 is 0 Å². The number of ether oxygens (including phenoxy) is 2. The van der Waals surface area contributed by atoms with Crippen molar-refractivity contribution in [2.75, 3.05) is 39.9 Å². The van der Waals surface area contributed by atoms with E-state index in [2.05, 4.69) is 10.2 Å². The van der Waals surface area contributed by atoms with Crippen LogP contribution < -0.4 is 5.32 Å². The molecule has 0 aromatic heterocycles. The molecule has 2 amide bonds. The summed E-state index contributed by atoms with van der Waals surface area (Å²) in [5.74, 6) is -1.42. The van der Waals surface area contributed by atoms with Gasteiger partial charge >= 0.3 is 18.0 Å². The van der Waals surface area contributed by atoms with Gasteiger partial charge in [-0.1, -0.05) is 12.1 Å². The summed E-state index contributed by atoms with van der Waals surface area (Å²) in [5, 5.41) is 2.82. The van der Waals surface area contributed by atoms with E-state index in [-0.39, 0.29) is 24.5 Å². The highest BCUT2D eigenvalue weighted by Crippen LogP contribution is 2.32. The summed E-state index contributed by atoms with van der Waals surface area (Å²) in [4.78, 5) is 41.4. The zero-order valence-corrected chi connectivity index (χ0v) is 18.7. The summed E-state index contributed by atoms with van der Waals surface area (Å²) >= 11 is 0. The van der Waals surface area contributed by atoms with Crippen LogP contribution in [0.5, 0.6) is 0 Å². The Labute approximate surface area is 187 Å². The number of nitrogens with zero attached hydrogens (tertiary/aromatic N) is 2. The van der Waals surface area contributed by atoms with Crippen LogP contribution in [-0.2, 0) is 19.1 Å². The van der Waals surface area contributed by atoms with Crippen molar-refractivity contribution in [3.8, 4) is 0 Å². The van der Waals surface area contributed by atoms with Gasteiger partial charge in [0.25, 0.3) is 0 Å². The van der Waals surface area contributed by atoms with E-state index in [9.17, 15) is 18.8 Å². The monoisotopic (exact) mass is 447 g/mol. The van der Waals surface area contributed by atoms with E-state index in [0.29, 0.717) is 36.5 Å². The minimum Gasteiger partial charge on any atom is -0.466 e. The highest BCUT2D eigenvalue weighted by atomic mass is 19.1. The zero-order valence-electron chi connectivity index (χ0n) is 18.7. The quantitative estimate of drug-likeness (QED) is 0.647. The fraction of sp³-hybridized carbons (Fsp3) is 0.522. The molecule has 174 valence electrons. The summed E-state index contributed by atoms with van der Waals surface area (Å²) in [6.45, 7) is 5.51. The maximum Gasteiger partial charge on any atom is 0.338 e. The molecule has 0 bridgehead atoms. The van der Waals surface area contributed by atoms with Crippen LogP contribution in [0.25, 0.3) is 0 Å². The average molecular weight is 448 g/mol. The molecule has 1 aromatic carbocycles. The predicted octanol–water partition coefficient (Wildman–Crippen LogP) is 2.61. The fourth-order valence-electron chi connectivity index (χ4n) is 4.17. The molecule has 1 fully saturated rings. The highest BCUT2D eigenvalue weighted by molar-refractivity contribution is 5.95. The molecular formula is C23H30FN3O5. The lowest BCUT2D eigenvalue weighted by Gasteiger charge is -2.38. The van der Waals surface area contributed by atoms with Crippen molar-refractivity contribution in [3.05, 3.63) is 46.9 Å². The van der Waals surface area contributed by atoms with Gasteiger partial charge in [-0.05, 0) is 50.9 Å². The largest absolute Gasteiger partial charge is 0.466 e. The van der Waals surface area contributed by atoms with Crippen molar-refractivity contribution in [1.29, 1.82) is 0 Å². The maximum absolute atomic E-state index is 13.5. The number of halogens is 1. The van der Waals surface area contributed by atoms with Crippen LogP contribution in [-0.4, -0.2) is 67.7 Å². The number of carbonyl (C=O) groups excluding carboxylic acids is 3. The van der Waals surface area contributed by atoms with E-state index in [1.807, 2.05) is 0 Å². The van der Waals surface area contributed by atoms with Crippen molar-refractivity contribution in [2.24, 2.45) is 5.92 Å². The molecule has 2 aliphatic rings. The molecule has 0 aliphatic carbocycles. The van der Waals surface area contributed by atoms with Gasteiger partial charge in [-0.3, -0.25) is 14.6 Å². The smallest absolute Gasteiger partial charge is 0.338 e. The molecule has 2 heterocycles. The van der Waals surface area contributed by atoms with Crippen LogP contribution in [0.2, 0.25) is 0 Å². The molecule has 0 saturated carbocycles. The first-order chi connectivity index (χ1) is 15.3. The Morgan fingerprint density at radius 2 is 1.84 bits per heavy atom. The third kappa shape index (κ3) is 5.27. The number of benzene rings is 1. The van der Waals surface area contributed by atoms with Crippen molar-refractivity contribution in [1.82, 2.24) is 15.1 Å². The van der Waals surface area contributed by atoms with Crippen LogP contribution in [0.4, 0.5) is 9.18 Å². The summed E-state index contributed by atoms with van der Waals surface area (Å²) in [6, 6.07) is 4.52. The molecule has 2 aliphatic heterocycles. The summed E-state index contributed by atoms with van der Waals surface area (Å²) < 4.78 is 24.0. The van der Waals surface area contributed by atoms with E-state index in [1.165, 1.54) is 17.0 Å². The van der Waals surface area contributed by atoms with Gasteiger partial charge < -0.3 is 14.8 Å². The van der Waals surface area contributed by atoms with E-state index in [4.69, 9.17) is 9.47 Å². The minimum atomic E-state index is -0.765. The van der Waals surface area contributed by atoms with Crippen LogP contribution in [0, 0.1) is 11.7 Å². The number of hydrogen-bond acceptors (Lipinski definition) is 6. The Bertz CT molecular complexity index is 886. The van der Waals surface area contributed by atoms with E-state index in [1.54, 1.807) is 33.0 Å². The van der Waals surface area contributed by atoms with Crippen molar-refractivity contribution in [3.63, 3.8) is 0 Å².